The van der Waals surface area contributed by atoms with E-state index < -0.39 is 10.0 Å². The number of benzene rings is 1. The van der Waals surface area contributed by atoms with Crippen LogP contribution in [-0.2, 0) is 14.8 Å². The van der Waals surface area contributed by atoms with Gasteiger partial charge in [-0.05, 0) is 38.0 Å². The maximum atomic E-state index is 12.1. The summed E-state index contributed by atoms with van der Waals surface area (Å²) in [6.07, 6.45) is 2.21. The topological polar surface area (TPSA) is 78.5 Å². The predicted octanol–water partition coefficient (Wildman–Crippen LogP) is 1.44. The number of carbonyl (C=O) groups excluding carboxylic acids is 1. The summed E-state index contributed by atoms with van der Waals surface area (Å²) in [7, 11) is -0.549. The molecule has 0 bridgehead atoms. The van der Waals surface area contributed by atoms with Gasteiger partial charge in [0.15, 0.2) is 0 Å². The Morgan fingerprint density at radius 3 is 2.50 bits per heavy atom. The van der Waals surface area contributed by atoms with Gasteiger partial charge in [0.1, 0.15) is 0 Å². The van der Waals surface area contributed by atoms with E-state index in [1.165, 1.54) is 26.2 Å². The van der Waals surface area contributed by atoms with Crippen LogP contribution >= 0.6 is 12.4 Å². The number of anilines is 1. The molecule has 1 aromatic rings. The van der Waals surface area contributed by atoms with Crippen molar-refractivity contribution in [2.24, 2.45) is 0 Å². The number of amides is 1. The van der Waals surface area contributed by atoms with Gasteiger partial charge in [-0.25, -0.2) is 12.7 Å². The Morgan fingerprint density at radius 2 is 1.95 bits per heavy atom. The number of rotatable bonds is 6. The summed E-state index contributed by atoms with van der Waals surface area (Å²) in [5, 5.41) is 5.94. The lowest BCUT2D eigenvalue weighted by molar-refractivity contribution is -0.117. The first kappa shape index (κ1) is 18.9. The number of halogens is 1. The maximum Gasteiger partial charge on any atom is 0.242 e. The molecule has 1 aliphatic rings. The minimum atomic E-state index is -3.50. The SMILES string of the molecule is CC(NC1CC1)C(=O)Nc1cccc(S(=O)(=O)N(C)C)c1.Cl. The molecule has 2 N–H and O–H groups in total. The molecule has 1 amide bonds. The van der Waals surface area contributed by atoms with Crippen LogP contribution in [0.2, 0.25) is 0 Å². The predicted molar refractivity (Wildman–Crippen MR) is 88.8 cm³/mol. The largest absolute Gasteiger partial charge is 0.325 e. The van der Waals surface area contributed by atoms with Gasteiger partial charge in [0.2, 0.25) is 15.9 Å². The molecule has 0 spiro atoms. The molecule has 0 saturated heterocycles. The molecule has 1 aromatic carbocycles. The minimum Gasteiger partial charge on any atom is -0.325 e. The Morgan fingerprint density at radius 1 is 1.32 bits per heavy atom. The smallest absolute Gasteiger partial charge is 0.242 e. The number of nitrogens with zero attached hydrogens (tertiary/aromatic N) is 1. The van der Waals surface area contributed by atoms with Crippen LogP contribution in [0, 0.1) is 0 Å². The van der Waals surface area contributed by atoms with Crippen molar-refractivity contribution >= 4 is 34.0 Å². The average Bonchev–Trinajstić information content (AvgIpc) is 3.22. The van der Waals surface area contributed by atoms with E-state index in [2.05, 4.69) is 10.6 Å². The van der Waals surface area contributed by atoms with Crippen LogP contribution in [-0.4, -0.2) is 44.8 Å². The Kier molecular flexibility index (Phi) is 6.37. The Balaban J connectivity index is 0.00000242. The summed E-state index contributed by atoms with van der Waals surface area (Å²) in [6.45, 7) is 1.80. The molecule has 6 nitrogen and oxygen atoms in total. The van der Waals surface area contributed by atoms with Crippen LogP contribution in [0.3, 0.4) is 0 Å². The number of hydrogen-bond acceptors (Lipinski definition) is 4. The zero-order valence-electron chi connectivity index (χ0n) is 12.9. The van der Waals surface area contributed by atoms with Gasteiger partial charge >= 0.3 is 0 Å². The molecule has 1 aliphatic carbocycles. The second kappa shape index (κ2) is 7.41. The molecule has 0 heterocycles. The van der Waals surface area contributed by atoms with E-state index in [-0.39, 0.29) is 29.3 Å². The molecular formula is C14H22ClN3O3S. The lowest BCUT2D eigenvalue weighted by Crippen LogP contribution is -2.39. The van der Waals surface area contributed by atoms with Crippen molar-refractivity contribution in [1.82, 2.24) is 9.62 Å². The van der Waals surface area contributed by atoms with Crippen molar-refractivity contribution in [3.8, 4) is 0 Å². The second-order valence-corrected chi connectivity index (χ2v) is 7.62. The standard InChI is InChI=1S/C14H21N3O3S.ClH/c1-10(15-11-7-8-11)14(18)16-12-5-4-6-13(9-12)21(19,20)17(2)3;/h4-6,9-11,15H,7-8H2,1-3H3,(H,16,18);1H. The molecule has 1 atom stereocenters. The normalized spacial score (nSPS) is 16.0. The third kappa shape index (κ3) is 4.67. The number of nitrogens with one attached hydrogen (secondary N) is 2. The Hall–Kier alpha value is -1.15. The molecule has 124 valence electrons. The summed E-state index contributed by atoms with van der Waals surface area (Å²) >= 11 is 0. The van der Waals surface area contributed by atoms with Crippen molar-refractivity contribution in [2.45, 2.75) is 36.7 Å². The van der Waals surface area contributed by atoms with Crippen LogP contribution in [0.1, 0.15) is 19.8 Å². The quantitative estimate of drug-likeness (QED) is 0.816. The Bertz CT molecular complexity index is 630. The molecule has 1 fully saturated rings. The molecule has 8 heteroatoms. The number of hydrogen-bond donors (Lipinski definition) is 2. The first-order chi connectivity index (χ1) is 9.80. The minimum absolute atomic E-state index is 0. The van der Waals surface area contributed by atoms with Gasteiger partial charge < -0.3 is 10.6 Å². The second-order valence-electron chi connectivity index (χ2n) is 5.47. The van der Waals surface area contributed by atoms with Crippen molar-refractivity contribution in [3.63, 3.8) is 0 Å². The lowest BCUT2D eigenvalue weighted by atomic mass is 10.2. The van der Waals surface area contributed by atoms with Crippen molar-refractivity contribution in [2.75, 3.05) is 19.4 Å². The van der Waals surface area contributed by atoms with Gasteiger partial charge in [0.05, 0.1) is 10.9 Å². The monoisotopic (exact) mass is 347 g/mol. The van der Waals surface area contributed by atoms with Crippen LogP contribution in [0.5, 0.6) is 0 Å². The van der Waals surface area contributed by atoms with Gasteiger partial charge in [-0.15, -0.1) is 12.4 Å². The van der Waals surface area contributed by atoms with E-state index in [4.69, 9.17) is 0 Å². The maximum absolute atomic E-state index is 12.1. The van der Waals surface area contributed by atoms with E-state index in [1.54, 1.807) is 19.1 Å². The fraction of sp³-hybridized carbons (Fsp3) is 0.500. The van der Waals surface area contributed by atoms with Gasteiger partial charge in [0, 0.05) is 25.8 Å². The van der Waals surface area contributed by atoms with Gasteiger partial charge in [-0.1, -0.05) is 6.07 Å². The van der Waals surface area contributed by atoms with E-state index >= 15 is 0 Å². The average molecular weight is 348 g/mol. The van der Waals surface area contributed by atoms with Crippen LogP contribution < -0.4 is 10.6 Å². The molecule has 1 saturated carbocycles. The first-order valence-corrected chi connectivity index (χ1v) is 8.34. The highest BCUT2D eigenvalue weighted by Gasteiger charge is 2.25. The Labute approximate surface area is 137 Å². The van der Waals surface area contributed by atoms with Crippen LogP contribution in [0.25, 0.3) is 0 Å². The third-order valence-electron chi connectivity index (χ3n) is 3.34. The lowest BCUT2D eigenvalue weighted by Gasteiger charge is -2.15. The van der Waals surface area contributed by atoms with E-state index in [0.717, 1.165) is 17.1 Å². The summed E-state index contributed by atoms with van der Waals surface area (Å²) in [5.74, 6) is -0.165. The molecule has 0 aromatic heterocycles. The number of sulfonamides is 1. The van der Waals surface area contributed by atoms with E-state index in [1.807, 2.05) is 0 Å². The summed E-state index contributed by atoms with van der Waals surface area (Å²) in [4.78, 5) is 12.2. The molecule has 2 rings (SSSR count). The summed E-state index contributed by atoms with van der Waals surface area (Å²) in [5.41, 5.74) is 0.479. The van der Waals surface area contributed by atoms with E-state index in [0.29, 0.717) is 11.7 Å². The highest BCUT2D eigenvalue weighted by molar-refractivity contribution is 7.89. The van der Waals surface area contributed by atoms with Crippen molar-refractivity contribution < 1.29 is 13.2 Å². The summed E-state index contributed by atoms with van der Waals surface area (Å²) in [6, 6.07) is 6.41. The fourth-order valence-corrected chi connectivity index (χ4v) is 2.82. The molecule has 0 radical (unpaired) electrons. The number of carbonyl (C=O) groups is 1. The molecule has 0 aliphatic heterocycles. The van der Waals surface area contributed by atoms with E-state index in [9.17, 15) is 13.2 Å². The van der Waals surface area contributed by atoms with Gasteiger partial charge in [0.25, 0.3) is 0 Å². The third-order valence-corrected chi connectivity index (χ3v) is 5.15. The molecule has 22 heavy (non-hydrogen) atoms. The molecule has 1 unspecified atom stereocenters. The van der Waals surface area contributed by atoms with Gasteiger partial charge in [-0.3, -0.25) is 4.79 Å². The zero-order valence-corrected chi connectivity index (χ0v) is 14.5. The highest BCUT2D eigenvalue weighted by atomic mass is 35.5. The first-order valence-electron chi connectivity index (χ1n) is 6.90. The van der Waals surface area contributed by atoms with Crippen LogP contribution in [0.4, 0.5) is 5.69 Å². The molecular weight excluding hydrogens is 326 g/mol. The fourth-order valence-electron chi connectivity index (χ4n) is 1.87. The van der Waals surface area contributed by atoms with Crippen molar-refractivity contribution in [1.29, 1.82) is 0 Å². The summed E-state index contributed by atoms with van der Waals surface area (Å²) < 4.78 is 25.3. The zero-order chi connectivity index (χ0) is 15.6. The highest BCUT2D eigenvalue weighted by Crippen LogP contribution is 2.20. The van der Waals surface area contributed by atoms with Crippen molar-refractivity contribution in [3.05, 3.63) is 24.3 Å². The van der Waals surface area contributed by atoms with Crippen LogP contribution in [0.15, 0.2) is 29.2 Å². The van der Waals surface area contributed by atoms with Gasteiger partial charge in [-0.2, -0.15) is 0 Å².